The number of Topliss-reactive ketones (excluding diaryl/α,β-unsaturated/α-hetero) is 1. The van der Waals surface area contributed by atoms with E-state index in [9.17, 15) is 9.59 Å². The fraction of sp³-hybridized carbons (Fsp3) is 0.333. The second kappa shape index (κ2) is 13.4. The second-order valence-corrected chi connectivity index (χ2v) is 12.7. The Hall–Kier alpha value is -4.18. The number of nitrogens with one attached hydrogen (secondary N) is 1. The van der Waals surface area contributed by atoms with Crippen molar-refractivity contribution in [3.05, 3.63) is 125 Å². The first-order valence-electron chi connectivity index (χ1n) is 15.6. The molecule has 0 spiro atoms. The average Bonchev–Trinajstić information content (AvgIpc) is 3.02. The Bertz CT molecular complexity index is 1510. The highest BCUT2D eigenvalue weighted by molar-refractivity contribution is 6.03. The number of carbonyl (C=O) groups is 2. The third-order valence-electron chi connectivity index (χ3n) is 8.76. The molecular weight excluding hydrogens is 528 g/mol. The van der Waals surface area contributed by atoms with Crippen LogP contribution in [0.25, 0.3) is 11.1 Å². The van der Waals surface area contributed by atoms with Crippen molar-refractivity contribution in [2.24, 2.45) is 5.92 Å². The predicted molar refractivity (Wildman–Crippen MR) is 178 cm³/mol. The minimum absolute atomic E-state index is 0.0890. The zero-order valence-electron chi connectivity index (χ0n) is 26.0. The van der Waals surface area contributed by atoms with E-state index in [-0.39, 0.29) is 23.0 Å². The number of benzene rings is 4. The van der Waals surface area contributed by atoms with Crippen LogP contribution < -0.4 is 10.2 Å². The highest BCUT2D eigenvalue weighted by atomic mass is 16.2. The van der Waals surface area contributed by atoms with Gasteiger partial charge in [0, 0.05) is 37.3 Å². The lowest BCUT2D eigenvalue weighted by Gasteiger charge is -2.37. The molecule has 0 aliphatic carbocycles. The molecule has 222 valence electrons. The van der Waals surface area contributed by atoms with E-state index in [1.807, 2.05) is 49.4 Å². The molecule has 4 aromatic rings. The normalized spacial score (nSPS) is 14.7. The summed E-state index contributed by atoms with van der Waals surface area (Å²) >= 11 is 0. The van der Waals surface area contributed by atoms with Crippen molar-refractivity contribution >= 4 is 17.4 Å². The fourth-order valence-electron chi connectivity index (χ4n) is 6.31. The van der Waals surface area contributed by atoms with Gasteiger partial charge in [0.1, 0.15) is 0 Å². The maximum Gasteiger partial charge on any atom is 0.227 e. The first-order chi connectivity index (χ1) is 20.7. The van der Waals surface area contributed by atoms with Gasteiger partial charge in [0.05, 0.1) is 5.92 Å². The second-order valence-electron chi connectivity index (χ2n) is 12.7. The smallest absolute Gasteiger partial charge is 0.227 e. The summed E-state index contributed by atoms with van der Waals surface area (Å²) in [5.74, 6) is 0.453. The van der Waals surface area contributed by atoms with Crippen molar-refractivity contribution in [1.29, 1.82) is 0 Å². The molecule has 4 nitrogen and oxygen atoms in total. The molecule has 1 amide bonds. The summed E-state index contributed by atoms with van der Waals surface area (Å²) in [5.41, 5.74) is 7.46. The average molecular weight is 573 g/mol. The van der Waals surface area contributed by atoms with Crippen molar-refractivity contribution in [1.82, 2.24) is 5.32 Å². The summed E-state index contributed by atoms with van der Waals surface area (Å²) in [6.07, 6.45) is 2.29. The Morgan fingerprint density at radius 1 is 0.814 bits per heavy atom. The Labute approximate surface area is 257 Å². The van der Waals surface area contributed by atoms with Crippen LogP contribution in [0, 0.1) is 5.92 Å². The molecular formula is C39H44N2O2. The lowest BCUT2D eigenvalue weighted by atomic mass is 9.79. The Morgan fingerprint density at radius 2 is 1.44 bits per heavy atom. The van der Waals surface area contributed by atoms with Crippen LogP contribution in [0.3, 0.4) is 0 Å². The molecule has 1 aliphatic rings. The standard InChI is InChI=1S/C39H44N2O2/c1-5-40-38(43)37(30-11-7-6-8-12-30)31-23-25-41(26-24-31)33-21-15-28(16-22-33)27-36(42)35-14-10-9-13-34(35)29-17-19-32(20-18-29)39(2,3)4/h6-22,31,37H,5,23-27H2,1-4H3,(H,40,43). The maximum absolute atomic E-state index is 13.5. The van der Waals surface area contributed by atoms with Crippen molar-refractivity contribution < 1.29 is 9.59 Å². The molecule has 1 unspecified atom stereocenters. The molecule has 1 fully saturated rings. The number of nitrogens with zero attached hydrogens (tertiary/aromatic N) is 1. The molecule has 4 heteroatoms. The largest absolute Gasteiger partial charge is 0.372 e. The number of anilines is 1. The van der Waals surface area contributed by atoms with E-state index in [1.165, 1.54) is 11.3 Å². The van der Waals surface area contributed by atoms with Crippen molar-refractivity contribution in [2.75, 3.05) is 24.5 Å². The molecule has 1 saturated heterocycles. The molecule has 0 aromatic heterocycles. The van der Waals surface area contributed by atoms with Gasteiger partial charge in [0.15, 0.2) is 5.78 Å². The molecule has 1 heterocycles. The van der Waals surface area contributed by atoms with Gasteiger partial charge in [-0.1, -0.05) is 112 Å². The monoisotopic (exact) mass is 572 g/mol. The summed E-state index contributed by atoms with van der Waals surface area (Å²) < 4.78 is 0. The van der Waals surface area contributed by atoms with Crippen molar-refractivity contribution in [3.8, 4) is 11.1 Å². The molecule has 1 N–H and O–H groups in total. The maximum atomic E-state index is 13.5. The summed E-state index contributed by atoms with van der Waals surface area (Å²) in [6.45, 7) is 11.1. The number of carbonyl (C=O) groups excluding carboxylic acids is 2. The fourth-order valence-corrected chi connectivity index (χ4v) is 6.31. The Balaban J connectivity index is 1.23. The van der Waals surface area contributed by atoms with Gasteiger partial charge >= 0.3 is 0 Å². The molecule has 0 saturated carbocycles. The van der Waals surface area contributed by atoms with E-state index >= 15 is 0 Å². The van der Waals surface area contributed by atoms with E-state index in [0.717, 1.165) is 53.7 Å². The molecule has 1 atom stereocenters. The van der Waals surface area contributed by atoms with Crippen LogP contribution in [0.5, 0.6) is 0 Å². The Kier molecular flexibility index (Phi) is 9.45. The molecule has 0 bridgehead atoms. The Morgan fingerprint density at radius 3 is 2.07 bits per heavy atom. The van der Waals surface area contributed by atoms with Crippen molar-refractivity contribution in [3.63, 3.8) is 0 Å². The van der Waals surface area contributed by atoms with Gasteiger partial charge in [0.25, 0.3) is 0 Å². The van der Waals surface area contributed by atoms with Crippen LogP contribution in [0.2, 0.25) is 0 Å². The zero-order valence-corrected chi connectivity index (χ0v) is 26.0. The van der Waals surface area contributed by atoms with Crippen LogP contribution >= 0.6 is 0 Å². The summed E-state index contributed by atoms with van der Waals surface area (Å²) in [6, 6.07) is 35.2. The van der Waals surface area contributed by atoms with Gasteiger partial charge in [-0.15, -0.1) is 0 Å². The topological polar surface area (TPSA) is 49.4 Å². The van der Waals surface area contributed by atoms with E-state index in [2.05, 4.69) is 91.7 Å². The minimum atomic E-state index is -0.115. The molecule has 43 heavy (non-hydrogen) atoms. The summed E-state index contributed by atoms with van der Waals surface area (Å²) in [4.78, 5) is 28.9. The SMILES string of the molecule is CCNC(=O)C(c1ccccc1)C1CCN(c2ccc(CC(=O)c3ccccc3-c3ccc(C(C)(C)C)cc3)cc2)CC1. The zero-order chi connectivity index (χ0) is 30.4. The highest BCUT2D eigenvalue weighted by Gasteiger charge is 2.32. The number of amides is 1. The quantitative estimate of drug-likeness (QED) is 0.206. The van der Waals surface area contributed by atoms with Crippen LogP contribution in [0.4, 0.5) is 5.69 Å². The summed E-state index contributed by atoms with van der Waals surface area (Å²) in [7, 11) is 0. The van der Waals surface area contributed by atoms with Gasteiger partial charge < -0.3 is 10.2 Å². The van der Waals surface area contributed by atoms with Crippen LogP contribution in [0.1, 0.15) is 73.5 Å². The van der Waals surface area contributed by atoms with E-state index < -0.39 is 0 Å². The number of likely N-dealkylation sites (N-methyl/N-ethyl adjacent to an activating group) is 1. The molecule has 5 rings (SSSR count). The lowest BCUT2D eigenvalue weighted by Crippen LogP contribution is -2.40. The van der Waals surface area contributed by atoms with E-state index in [1.54, 1.807) is 0 Å². The van der Waals surface area contributed by atoms with Crippen molar-refractivity contribution in [2.45, 2.75) is 58.3 Å². The first-order valence-corrected chi connectivity index (χ1v) is 15.6. The third kappa shape index (κ3) is 7.25. The lowest BCUT2D eigenvalue weighted by molar-refractivity contribution is -0.123. The number of rotatable bonds is 9. The van der Waals surface area contributed by atoms with Gasteiger partial charge in [-0.2, -0.15) is 0 Å². The van der Waals surface area contributed by atoms with Gasteiger partial charge in [-0.25, -0.2) is 0 Å². The molecule has 4 aromatic carbocycles. The van der Waals surface area contributed by atoms with Gasteiger partial charge in [-0.05, 0) is 71.0 Å². The number of hydrogen-bond acceptors (Lipinski definition) is 3. The van der Waals surface area contributed by atoms with Crippen LogP contribution in [0.15, 0.2) is 103 Å². The predicted octanol–water partition coefficient (Wildman–Crippen LogP) is 8.21. The molecule has 0 radical (unpaired) electrons. The van der Waals surface area contributed by atoms with Crippen LogP contribution in [-0.2, 0) is 16.6 Å². The van der Waals surface area contributed by atoms with Gasteiger partial charge in [0.2, 0.25) is 5.91 Å². The first kappa shape index (κ1) is 30.3. The summed E-state index contributed by atoms with van der Waals surface area (Å²) in [5, 5.41) is 3.06. The number of ketones is 1. The van der Waals surface area contributed by atoms with E-state index in [4.69, 9.17) is 0 Å². The molecule has 1 aliphatic heterocycles. The van der Waals surface area contributed by atoms with E-state index in [0.29, 0.717) is 18.9 Å². The number of hydrogen-bond donors (Lipinski definition) is 1. The third-order valence-corrected chi connectivity index (χ3v) is 8.76. The van der Waals surface area contributed by atoms with Gasteiger partial charge in [-0.3, -0.25) is 9.59 Å². The van der Waals surface area contributed by atoms with Crippen LogP contribution in [-0.4, -0.2) is 31.3 Å². The minimum Gasteiger partial charge on any atom is -0.372 e. The number of piperidine rings is 1. The highest BCUT2D eigenvalue weighted by Crippen LogP contribution is 2.35.